The van der Waals surface area contributed by atoms with Crippen LogP contribution < -0.4 is 5.32 Å². The fourth-order valence-electron chi connectivity index (χ4n) is 1.40. The van der Waals surface area contributed by atoms with Crippen LogP contribution >= 0.6 is 0 Å². The van der Waals surface area contributed by atoms with E-state index in [2.05, 4.69) is 5.32 Å². The highest BCUT2D eigenvalue weighted by molar-refractivity contribution is 5.93. The van der Waals surface area contributed by atoms with E-state index in [1.54, 1.807) is 0 Å². The standard InChI is InChI=1S/C11H11N3O7/c15-9(16)5-13(6-10(17)18)11(19)12-7-1-3-8(4-2-7)14(20)21/h1-4H,5-6H2,(H,12,19)(H,15,16)(H,17,18). The van der Waals surface area contributed by atoms with Gasteiger partial charge < -0.3 is 20.4 Å². The first-order valence-corrected chi connectivity index (χ1v) is 5.53. The predicted molar refractivity (Wildman–Crippen MR) is 69.0 cm³/mol. The van der Waals surface area contributed by atoms with E-state index in [1.807, 2.05) is 0 Å². The van der Waals surface area contributed by atoms with Gasteiger partial charge in [0.25, 0.3) is 5.69 Å². The fourth-order valence-corrected chi connectivity index (χ4v) is 1.40. The molecule has 0 fully saturated rings. The van der Waals surface area contributed by atoms with E-state index in [9.17, 15) is 24.5 Å². The molecule has 0 unspecified atom stereocenters. The number of non-ortho nitro benzene ring substituents is 1. The Bertz CT molecular complexity index is 554. The highest BCUT2D eigenvalue weighted by atomic mass is 16.6. The molecule has 1 aromatic rings. The van der Waals surface area contributed by atoms with Crippen molar-refractivity contribution in [2.75, 3.05) is 18.4 Å². The van der Waals surface area contributed by atoms with Gasteiger partial charge in [0.1, 0.15) is 13.1 Å². The van der Waals surface area contributed by atoms with Gasteiger partial charge in [0.05, 0.1) is 4.92 Å². The van der Waals surface area contributed by atoms with Crippen molar-refractivity contribution in [2.45, 2.75) is 0 Å². The van der Waals surface area contributed by atoms with Gasteiger partial charge in [-0.2, -0.15) is 0 Å². The summed E-state index contributed by atoms with van der Waals surface area (Å²) >= 11 is 0. The molecule has 0 heterocycles. The topological polar surface area (TPSA) is 150 Å². The lowest BCUT2D eigenvalue weighted by atomic mass is 10.3. The van der Waals surface area contributed by atoms with Gasteiger partial charge >= 0.3 is 18.0 Å². The van der Waals surface area contributed by atoms with Crippen LogP contribution in [0.5, 0.6) is 0 Å². The van der Waals surface area contributed by atoms with Crippen molar-refractivity contribution in [3.05, 3.63) is 34.4 Å². The molecule has 0 saturated heterocycles. The molecule has 0 atom stereocenters. The minimum Gasteiger partial charge on any atom is -0.480 e. The van der Waals surface area contributed by atoms with Gasteiger partial charge in [0.15, 0.2) is 0 Å². The summed E-state index contributed by atoms with van der Waals surface area (Å²) in [4.78, 5) is 43.3. The van der Waals surface area contributed by atoms with Crippen molar-refractivity contribution in [3.63, 3.8) is 0 Å². The number of carbonyl (C=O) groups is 3. The highest BCUT2D eigenvalue weighted by Crippen LogP contribution is 2.15. The Morgan fingerprint density at radius 3 is 1.95 bits per heavy atom. The first-order valence-electron chi connectivity index (χ1n) is 5.53. The fraction of sp³-hybridized carbons (Fsp3) is 0.182. The third kappa shape index (κ3) is 5.14. The molecule has 21 heavy (non-hydrogen) atoms. The van der Waals surface area contributed by atoms with Gasteiger partial charge in [-0.05, 0) is 12.1 Å². The SMILES string of the molecule is O=C(O)CN(CC(=O)O)C(=O)Nc1ccc([N+](=O)[O-])cc1. The molecule has 2 amide bonds. The molecule has 1 rings (SSSR count). The van der Waals surface area contributed by atoms with Crippen LogP contribution in [-0.4, -0.2) is 51.1 Å². The van der Waals surface area contributed by atoms with Crippen molar-refractivity contribution in [1.29, 1.82) is 0 Å². The number of nitro benzene ring substituents is 1. The second-order valence-electron chi connectivity index (χ2n) is 3.88. The number of amides is 2. The zero-order valence-corrected chi connectivity index (χ0v) is 10.6. The zero-order valence-electron chi connectivity index (χ0n) is 10.6. The normalized spacial score (nSPS) is 9.71. The van der Waals surface area contributed by atoms with E-state index in [4.69, 9.17) is 10.2 Å². The van der Waals surface area contributed by atoms with Crippen molar-refractivity contribution in [1.82, 2.24) is 4.90 Å². The minimum atomic E-state index is -1.37. The largest absolute Gasteiger partial charge is 0.480 e. The summed E-state index contributed by atoms with van der Waals surface area (Å²) < 4.78 is 0. The molecule has 10 nitrogen and oxygen atoms in total. The summed E-state index contributed by atoms with van der Waals surface area (Å²) in [5.74, 6) is -2.73. The molecule has 0 saturated carbocycles. The van der Waals surface area contributed by atoms with Crippen molar-refractivity contribution in [3.8, 4) is 0 Å². The Labute approximate surface area is 117 Å². The van der Waals surface area contributed by atoms with Crippen molar-refractivity contribution >= 4 is 29.3 Å². The average molecular weight is 297 g/mol. The van der Waals surface area contributed by atoms with Crippen molar-refractivity contribution in [2.24, 2.45) is 0 Å². The van der Waals surface area contributed by atoms with Crippen LogP contribution in [-0.2, 0) is 9.59 Å². The first kappa shape index (κ1) is 15.9. The Morgan fingerprint density at radius 2 is 1.57 bits per heavy atom. The maximum absolute atomic E-state index is 11.8. The van der Waals surface area contributed by atoms with Crippen LogP contribution in [0.1, 0.15) is 0 Å². The van der Waals surface area contributed by atoms with Crippen LogP contribution in [0.2, 0.25) is 0 Å². The monoisotopic (exact) mass is 297 g/mol. The quantitative estimate of drug-likeness (QED) is 0.513. The number of hydrogen-bond acceptors (Lipinski definition) is 5. The van der Waals surface area contributed by atoms with Crippen LogP contribution in [0.25, 0.3) is 0 Å². The zero-order chi connectivity index (χ0) is 16.0. The lowest BCUT2D eigenvalue weighted by Crippen LogP contribution is -2.41. The van der Waals surface area contributed by atoms with Gasteiger partial charge in [-0.15, -0.1) is 0 Å². The van der Waals surface area contributed by atoms with E-state index in [-0.39, 0.29) is 11.4 Å². The van der Waals surface area contributed by atoms with E-state index in [1.165, 1.54) is 12.1 Å². The maximum Gasteiger partial charge on any atom is 0.323 e. The van der Waals surface area contributed by atoms with Gasteiger partial charge in [-0.3, -0.25) is 19.7 Å². The lowest BCUT2D eigenvalue weighted by Gasteiger charge is -2.18. The summed E-state index contributed by atoms with van der Waals surface area (Å²) in [6.07, 6.45) is 0. The van der Waals surface area contributed by atoms with Crippen LogP contribution in [0, 0.1) is 10.1 Å². The molecule has 0 aliphatic rings. The number of nitrogens with zero attached hydrogens (tertiary/aromatic N) is 2. The lowest BCUT2D eigenvalue weighted by molar-refractivity contribution is -0.384. The molecule has 0 spiro atoms. The second kappa shape index (κ2) is 6.84. The number of benzene rings is 1. The third-order valence-corrected chi connectivity index (χ3v) is 2.27. The molecule has 3 N–H and O–H groups in total. The molecule has 0 aromatic heterocycles. The Kier molecular flexibility index (Phi) is 5.17. The Balaban J connectivity index is 2.77. The number of urea groups is 1. The molecular formula is C11H11N3O7. The van der Waals surface area contributed by atoms with E-state index >= 15 is 0 Å². The molecule has 1 aromatic carbocycles. The van der Waals surface area contributed by atoms with Crippen LogP contribution in [0.4, 0.5) is 16.2 Å². The predicted octanol–water partition coefficient (Wildman–Crippen LogP) is 0.598. The van der Waals surface area contributed by atoms with Gasteiger partial charge in [0, 0.05) is 17.8 Å². The summed E-state index contributed by atoms with van der Waals surface area (Å²) in [6.45, 7) is -1.57. The minimum absolute atomic E-state index is 0.173. The maximum atomic E-state index is 11.8. The van der Waals surface area contributed by atoms with E-state index in [0.29, 0.717) is 4.90 Å². The smallest absolute Gasteiger partial charge is 0.323 e. The van der Waals surface area contributed by atoms with Gasteiger partial charge in [-0.25, -0.2) is 4.79 Å². The number of carbonyl (C=O) groups excluding carboxylic acids is 1. The summed E-state index contributed by atoms with van der Waals surface area (Å²) in [6, 6.07) is 3.85. The van der Waals surface area contributed by atoms with Crippen molar-refractivity contribution < 1.29 is 29.5 Å². The van der Waals surface area contributed by atoms with Crippen LogP contribution in [0.3, 0.4) is 0 Å². The van der Waals surface area contributed by atoms with Gasteiger partial charge in [0.2, 0.25) is 0 Å². The molecule has 112 valence electrons. The third-order valence-electron chi connectivity index (χ3n) is 2.27. The molecule has 0 aliphatic heterocycles. The van der Waals surface area contributed by atoms with E-state index < -0.39 is 36.0 Å². The summed E-state index contributed by atoms with van der Waals surface area (Å²) in [7, 11) is 0. The average Bonchev–Trinajstić information content (AvgIpc) is 2.37. The molecule has 0 bridgehead atoms. The molecule has 0 radical (unpaired) electrons. The number of aliphatic carboxylic acids is 2. The number of anilines is 1. The second-order valence-corrected chi connectivity index (χ2v) is 3.88. The number of rotatable bonds is 6. The van der Waals surface area contributed by atoms with E-state index in [0.717, 1.165) is 12.1 Å². The van der Waals surface area contributed by atoms with Gasteiger partial charge in [-0.1, -0.05) is 0 Å². The number of carboxylic acids is 2. The highest BCUT2D eigenvalue weighted by Gasteiger charge is 2.19. The first-order chi connectivity index (χ1) is 9.79. The summed E-state index contributed by atoms with van der Waals surface area (Å²) in [5.41, 5.74) is -0.00713. The number of carboxylic acid groups (broad SMARTS) is 2. The van der Waals surface area contributed by atoms with Crippen LogP contribution in [0.15, 0.2) is 24.3 Å². The summed E-state index contributed by atoms with van der Waals surface area (Å²) in [5, 5.41) is 30.0. The number of nitro groups is 1. The molecular weight excluding hydrogens is 286 g/mol. The Morgan fingerprint density at radius 1 is 1.10 bits per heavy atom. The number of nitrogens with one attached hydrogen (secondary N) is 1. The molecule has 10 heteroatoms. The number of hydrogen-bond donors (Lipinski definition) is 3. The Hall–Kier alpha value is -3.17. The molecule has 0 aliphatic carbocycles.